The molecule has 0 aliphatic heterocycles. The van der Waals surface area contributed by atoms with Crippen molar-refractivity contribution >= 4 is 23.3 Å². The Hall–Kier alpha value is -2.29. The van der Waals surface area contributed by atoms with Gasteiger partial charge in [-0.25, -0.2) is 4.79 Å². The van der Waals surface area contributed by atoms with Crippen molar-refractivity contribution in [2.75, 3.05) is 23.8 Å². The third-order valence-corrected chi connectivity index (χ3v) is 2.15. The number of amides is 3. The number of alkyl halides is 3. The van der Waals surface area contributed by atoms with Crippen molar-refractivity contribution in [2.24, 2.45) is 5.73 Å². The fraction of sp³-hybridized carbons (Fsp3) is 0.333. The molecule has 0 spiro atoms. The predicted molar refractivity (Wildman–Crippen MR) is 69.8 cm³/mol. The van der Waals surface area contributed by atoms with E-state index in [4.69, 9.17) is 5.73 Å². The van der Waals surface area contributed by atoms with Crippen LogP contribution in [-0.4, -0.2) is 31.3 Å². The molecular formula is C12H14F3N3O3. The Labute approximate surface area is 118 Å². The Morgan fingerprint density at radius 3 is 2.38 bits per heavy atom. The molecular weight excluding hydrogens is 291 g/mol. The zero-order valence-electron chi connectivity index (χ0n) is 10.9. The minimum absolute atomic E-state index is 0.219. The van der Waals surface area contributed by atoms with Crippen molar-refractivity contribution < 1.29 is 27.5 Å². The predicted octanol–water partition coefficient (Wildman–Crippen LogP) is 2.08. The minimum atomic E-state index is -4.41. The standard InChI is InChI=1S/C12H14F3N3O3/c13-12(14,15)7-21-5-4-10(19)17-8-2-1-3-9(6-8)18-11(16)20/h1-3,6H,4-5,7H2,(H,17,19)(H3,16,18,20). The highest BCUT2D eigenvalue weighted by Gasteiger charge is 2.27. The van der Waals surface area contributed by atoms with Crippen LogP contribution in [0.5, 0.6) is 0 Å². The van der Waals surface area contributed by atoms with E-state index in [-0.39, 0.29) is 13.0 Å². The molecule has 1 aromatic rings. The summed E-state index contributed by atoms with van der Waals surface area (Å²) in [4.78, 5) is 22.2. The summed E-state index contributed by atoms with van der Waals surface area (Å²) in [5.74, 6) is -0.506. The number of nitrogens with two attached hydrogens (primary N) is 1. The Kier molecular flexibility index (Phi) is 5.97. The van der Waals surface area contributed by atoms with Gasteiger partial charge in [0.15, 0.2) is 0 Å². The number of carbonyl (C=O) groups is 2. The van der Waals surface area contributed by atoms with E-state index in [0.717, 1.165) is 0 Å². The monoisotopic (exact) mass is 305 g/mol. The number of carbonyl (C=O) groups excluding carboxylic acids is 2. The van der Waals surface area contributed by atoms with Crippen LogP contribution in [0.4, 0.5) is 29.3 Å². The number of hydrogen-bond acceptors (Lipinski definition) is 3. The molecule has 0 heterocycles. The van der Waals surface area contributed by atoms with Gasteiger partial charge in [-0.05, 0) is 18.2 Å². The van der Waals surface area contributed by atoms with Crippen LogP contribution in [0, 0.1) is 0 Å². The van der Waals surface area contributed by atoms with Crippen LogP contribution in [0.2, 0.25) is 0 Å². The number of nitrogens with one attached hydrogen (secondary N) is 2. The summed E-state index contributed by atoms with van der Waals surface area (Å²) in [6, 6.07) is 5.40. The van der Waals surface area contributed by atoms with Crippen molar-refractivity contribution in [3.8, 4) is 0 Å². The number of anilines is 2. The molecule has 1 aromatic carbocycles. The molecule has 9 heteroatoms. The van der Waals surface area contributed by atoms with Crippen molar-refractivity contribution in [1.29, 1.82) is 0 Å². The van der Waals surface area contributed by atoms with E-state index in [2.05, 4.69) is 15.4 Å². The van der Waals surface area contributed by atoms with Gasteiger partial charge >= 0.3 is 12.2 Å². The van der Waals surface area contributed by atoms with E-state index in [1.807, 2.05) is 0 Å². The van der Waals surface area contributed by atoms with Crippen LogP contribution in [0.1, 0.15) is 6.42 Å². The van der Waals surface area contributed by atoms with Crippen molar-refractivity contribution in [2.45, 2.75) is 12.6 Å². The fourth-order valence-corrected chi connectivity index (χ4v) is 1.39. The first-order chi connectivity index (χ1) is 9.76. The van der Waals surface area contributed by atoms with Crippen LogP contribution in [0.3, 0.4) is 0 Å². The lowest BCUT2D eigenvalue weighted by molar-refractivity contribution is -0.174. The number of ether oxygens (including phenoxy) is 1. The number of primary amides is 1. The third-order valence-electron chi connectivity index (χ3n) is 2.15. The van der Waals surface area contributed by atoms with Crippen LogP contribution in [0.25, 0.3) is 0 Å². The van der Waals surface area contributed by atoms with E-state index in [9.17, 15) is 22.8 Å². The lowest BCUT2D eigenvalue weighted by atomic mass is 10.2. The highest BCUT2D eigenvalue weighted by molar-refractivity contribution is 5.93. The van der Waals surface area contributed by atoms with Crippen LogP contribution in [-0.2, 0) is 9.53 Å². The fourth-order valence-electron chi connectivity index (χ4n) is 1.39. The highest BCUT2D eigenvalue weighted by Crippen LogP contribution is 2.16. The molecule has 0 atom stereocenters. The van der Waals surface area contributed by atoms with E-state index in [0.29, 0.717) is 11.4 Å². The smallest absolute Gasteiger partial charge is 0.372 e. The topological polar surface area (TPSA) is 93.5 Å². The average Bonchev–Trinajstić information content (AvgIpc) is 2.33. The second kappa shape index (κ2) is 7.48. The number of urea groups is 1. The molecule has 3 amide bonds. The summed E-state index contributed by atoms with van der Waals surface area (Å²) < 4.78 is 39.7. The van der Waals surface area contributed by atoms with Gasteiger partial charge in [-0.1, -0.05) is 6.07 Å². The van der Waals surface area contributed by atoms with E-state index in [1.165, 1.54) is 6.07 Å². The van der Waals surface area contributed by atoms with E-state index >= 15 is 0 Å². The van der Waals surface area contributed by atoms with Crippen molar-refractivity contribution in [3.05, 3.63) is 24.3 Å². The quantitative estimate of drug-likeness (QED) is 0.702. The van der Waals surface area contributed by atoms with Crippen LogP contribution in [0.15, 0.2) is 24.3 Å². The summed E-state index contributed by atoms with van der Waals surface area (Å²) in [5.41, 5.74) is 5.71. The molecule has 1 rings (SSSR count). The second-order valence-corrected chi connectivity index (χ2v) is 4.04. The Morgan fingerprint density at radius 1 is 1.19 bits per heavy atom. The SMILES string of the molecule is NC(=O)Nc1cccc(NC(=O)CCOCC(F)(F)F)c1. The summed E-state index contributed by atoms with van der Waals surface area (Å²) >= 11 is 0. The van der Waals surface area contributed by atoms with Gasteiger partial charge in [0.05, 0.1) is 13.0 Å². The molecule has 4 N–H and O–H groups in total. The maximum atomic E-state index is 11.8. The number of hydrogen-bond donors (Lipinski definition) is 3. The van der Waals surface area contributed by atoms with Gasteiger partial charge in [-0.2, -0.15) is 13.2 Å². The highest BCUT2D eigenvalue weighted by atomic mass is 19.4. The lowest BCUT2D eigenvalue weighted by Crippen LogP contribution is -2.20. The molecule has 0 aliphatic carbocycles. The minimum Gasteiger partial charge on any atom is -0.372 e. The molecule has 0 bridgehead atoms. The maximum Gasteiger partial charge on any atom is 0.411 e. The Balaban J connectivity index is 2.39. The van der Waals surface area contributed by atoms with Crippen LogP contribution >= 0.6 is 0 Å². The largest absolute Gasteiger partial charge is 0.411 e. The molecule has 0 fully saturated rings. The third kappa shape index (κ3) is 7.78. The van der Waals surface area contributed by atoms with Gasteiger partial charge in [0.1, 0.15) is 6.61 Å². The first kappa shape index (κ1) is 16.8. The number of benzene rings is 1. The molecule has 0 saturated heterocycles. The van der Waals surface area contributed by atoms with Gasteiger partial charge in [-0.3, -0.25) is 4.79 Å². The molecule has 6 nitrogen and oxygen atoms in total. The molecule has 21 heavy (non-hydrogen) atoms. The zero-order valence-corrected chi connectivity index (χ0v) is 10.9. The van der Waals surface area contributed by atoms with Gasteiger partial charge in [0, 0.05) is 11.4 Å². The molecule has 0 aliphatic rings. The zero-order chi connectivity index (χ0) is 15.9. The van der Waals surface area contributed by atoms with E-state index in [1.54, 1.807) is 18.2 Å². The molecule has 0 aromatic heterocycles. The Morgan fingerprint density at radius 2 is 1.81 bits per heavy atom. The second-order valence-electron chi connectivity index (χ2n) is 4.04. The van der Waals surface area contributed by atoms with Crippen LogP contribution < -0.4 is 16.4 Å². The summed E-state index contributed by atoms with van der Waals surface area (Å²) in [6.07, 6.45) is -4.63. The summed E-state index contributed by atoms with van der Waals surface area (Å²) in [5, 5.41) is 4.79. The van der Waals surface area contributed by atoms with Gasteiger partial charge in [0.25, 0.3) is 0 Å². The van der Waals surface area contributed by atoms with Gasteiger partial charge in [-0.15, -0.1) is 0 Å². The van der Waals surface area contributed by atoms with E-state index < -0.39 is 24.7 Å². The summed E-state index contributed by atoms with van der Waals surface area (Å²) in [7, 11) is 0. The normalized spacial score (nSPS) is 11.0. The maximum absolute atomic E-state index is 11.8. The summed E-state index contributed by atoms with van der Waals surface area (Å²) in [6.45, 7) is -1.73. The number of halogens is 3. The molecule has 116 valence electrons. The van der Waals surface area contributed by atoms with Gasteiger partial charge < -0.3 is 21.1 Å². The molecule has 0 radical (unpaired) electrons. The average molecular weight is 305 g/mol. The Bertz CT molecular complexity index is 506. The molecule has 0 unspecified atom stereocenters. The van der Waals surface area contributed by atoms with Crippen molar-refractivity contribution in [3.63, 3.8) is 0 Å². The first-order valence-corrected chi connectivity index (χ1v) is 5.87. The first-order valence-electron chi connectivity index (χ1n) is 5.87. The molecule has 0 saturated carbocycles. The van der Waals surface area contributed by atoms with Gasteiger partial charge in [0.2, 0.25) is 5.91 Å². The van der Waals surface area contributed by atoms with Crippen molar-refractivity contribution in [1.82, 2.24) is 0 Å². The number of rotatable bonds is 6. The lowest BCUT2D eigenvalue weighted by Gasteiger charge is -2.09.